The first-order valence-corrected chi connectivity index (χ1v) is 12.8. The second kappa shape index (κ2) is 13.6. The summed E-state index contributed by atoms with van der Waals surface area (Å²) in [7, 11) is 1.34. The second-order valence-electron chi connectivity index (χ2n) is 9.11. The molecule has 1 N–H and O–H groups in total. The number of amides is 2. The summed E-state index contributed by atoms with van der Waals surface area (Å²) in [5.74, 6) is -0.266. The lowest BCUT2D eigenvalue weighted by Crippen LogP contribution is -2.44. The maximum absolute atomic E-state index is 13.5. The Morgan fingerprint density at radius 3 is 2.19 bits per heavy atom. The Morgan fingerprint density at radius 2 is 1.57 bits per heavy atom. The van der Waals surface area contributed by atoms with Crippen LogP contribution in [0.25, 0.3) is 0 Å². The molecule has 0 radical (unpaired) electrons. The predicted molar refractivity (Wildman–Crippen MR) is 145 cm³/mol. The van der Waals surface area contributed by atoms with Crippen molar-refractivity contribution in [2.24, 2.45) is 0 Å². The maximum Gasteiger partial charge on any atom is 0.337 e. The zero-order valence-electron chi connectivity index (χ0n) is 21.3. The molecule has 7 heteroatoms. The first-order chi connectivity index (χ1) is 18.1. The summed E-state index contributed by atoms with van der Waals surface area (Å²) in [5.41, 5.74) is 3.42. The highest BCUT2D eigenvalue weighted by Crippen LogP contribution is 2.28. The Bertz CT molecular complexity index is 1090. The summed E-state index contributed by atoms with van der Waals surface area (Å²) in [6.07, 6.45) is 0.784. The zero-order chi connectivity index (χ0) is 25.9. The van der Waals surface area contributed by atoms with Crippen molar-refractivity contribution in [1.82, 2.24) is 9.80 Å². The molecule has 0 atom stereocenters. The van der Waals surface area contributed by atoms with E-state index < -0.39 is 5.97 Å². The molecule has 7 nitrogen and oxygen atoms in total. The lowest BCUT2D eigenvalue weighted by molar-refractivity contribution is 0.0351. The Hall–Kier alpha value is -3.68. The first kappa shape index (κ1) is 26.4. The fourth-order valence-corrected chi connectivity index (χ4v) is 4.63. The largest absolute Gasteiger partial charge is 0.465 e. The lowest BCUT2D eigenvalue weighted by Gasteiger charge is -2.31. The molecule has 1 aliphatic heterocycles. The number of rotatable bonds is 10. The molecule has 3 aromatic carbocycles. The van der Waals surface area contributed by atoms with Gasteiger partial charge in [0.15, 0.2) is 0 Å². The van der Waals surface area contributed by atoms with Gasteiger partial charge in [-0.15, -0.1) is 0 Å². The Labute approximate surface area is 219 Å². The average molecular weight is 502 g/mol. The van der Waals surface area contributed by atoms with Crippen LogP contribution >= 0.6 is 0 Å². The smallest absolute Gasteiger partial charge is 0.337 e. The average Bonchev–Trinajstić information content (AvgIpc) is 2.96. The number of hydrogen-bond donors (Lipinski definition) is 1. The number of hydrogen-bond acceptors (Lipinski definition) is 5. The van der Waals surface area contributed by atoms with Crippen LogP contribution in [0.3, 0.4) is 0 Å². The van der Waals surface area contributed by atoms with Crippen LogP contribution in [0, 0.1) is 0 Å². The van der Waals surface area contributed by atoms with Crippen LogP contribution in [0.2, 0.25) is 0 Å². The summed E-state index contributed by atoms with van der Waals surface area (Å²) in [4.78, 5) is 29.6. The van der Waals surface area contributed by atoms with E-state index in [1.807, 2.05) is 17.0 Å². The number of esters is 1. The van der Waals surface area contributed by atoms with Gasteiger partial charge in [-0.25, -0.2) is 9.59 Å². The van der Waals surface area contributed by atoms with Crippen LogP contribution in [0.4, 0.5) is 10.5 Å². The third kappa shape index (κ3) is 7.65. The number of morpholine rings is 1. The van der Waals surface area contributed by atoms with Crippen molar-refractivity contribution >= 4 is 17.7 Å². The standard InChI is InChI=1S/C30H35N3O4/c1-36-29(34)26-13-8-14-27(23-26)31-30(35)33(18-17-32-19-21-37-22-20-32)16-15-28(24-9-4-2-5-10-24)25-11-6-3-7-12-25/h2-14,23,28H,15-22H2,1H3,(H,31,35). The number of methoxy groups -OCH3 is 1. The van der Waals surface area contributed by atoms with Crippen LogP contribution in [-0.2, 0) is 9.47 Å². The van der Waals surface area contributed by atoms with Gasteiger partial charge in [-0.05, 0) is 35.7 Å². The molecule has 37 heavy (non-hydrogen) atoms. The van der Waals surface area contributed by atoms with E-state index in [-0.39, 0.29) is 11.9 Å². The highest BCUT2D eigenvalue weighted by atomic mass is 16.5. The third-order valence-electron chi connectivity index (χ3n) is 6.70. The molecule has 0 bridgehead atoms. The fourth-order valence-electron chi connectivity index (χ4n) is 4.63. The van der Waals surface area contributed by atoms with Gasteiger partial charge in [-0.1, -0.05) is 66.7 Å². The van der Waals surface area contributed by atoms with Gasteiger partial charge in [-0.3, -0.25) is 4.90 Å². The first-order valence-electron chi connectivity index (χ1n) is 12.8. The van der Waals surface area contributed by atoms with Crippen LogP contribution < -0.4 is 5.32 Å². The third-order valence-corrected chi connectivity index (χ3v) is 6.70. The summed E-state index contributed by atoms with van der Waals surface area (Å²) in [5, 5.41) is 2.99. The minimum absolute atomic E-state index is 0.170. The van der Waals surface area contributed by atoms with Crippen molar-refractivity contribution in [2.75, 3.05) is 58.4 Å². The Balaban J connectivity index is 1.50. The van der Waals surface area contributed by atoms with Gasteiger partial charge in [-0.2, -0.15) is 0 Å². The molecule has 1 saturated heterocycles. The molecule has 4 rings (SSSR count). The number of nitrogens with zero attached hydrogens (tertiary/aromatic N) is 2. The molecule has 3 aromatic rings. The number of anilines is 1. The SMILES string of the molecule is COC(=O)c1cccc(NC(=O)N(CCC(c2ccccc2)c2ccccc2)CCN2CCOCC2)c1. The summed E-state index contributed by atoms with van der Waals surface area (Å²) >= 11 is 0. The molecular formula is C30H35N3O4. The molecule has 0 unspecified atom stereocenters. The van der Waals surface area contributed by atoms with E-state index in [1.54, 1.807) is 24.3 Å². The quantitative estimate of drug-likeness (QED) is 0.402. The van der Waals surface area contributed by atoms with Crippen LogP contribution in [0.1, 0.15) is 33.8 Å². The van der Waals surface area contributed by atoms with Crippen molar-refractivity contribution in [3.05, 3.63) is 102 Å². The number of ether oxygens (including phenoxy) is 2. The maximum atomic E-state index is 13.5. The number of benzene rings is 3. The highest BCUT2D eigenvalue weighted by molar-refractivity contribution is 5.93. The van der Waals surface area contributed by atoms with E-state index in [0.29, 0.717) is 24.3 Å². The molecule has 2 amide bonds. The number of carbonyl (C=O) groups excluding carboxylic acids is 2. The Kier molecular flexibility index (Phi) is 9.68. The van der Waals surface area contributed by atoms with Crippen LogP contribution in [-0.4, -0.2) is 74.8 Å². The second-order valence-corrected chi connectivity index (χ2v) is 9.11. The number of carbonyl (C=O) groups is 2. The monoisotopic (exact) mass is 501 g/mol. The van der Waals surface area contributed by atoms with E-state index in [9.17, 15) is 9.59 Å². The minimum atomic E-state index is -0.436. The topological polar surface area (TPSA) is 71.1 Å². The van der Waals surface area contributed by atoms with E-state index >= 15 is 0 Å². The van der Waals surface area contributed by atoms with Crippen LogP contribution in [0.15, 0.2) is 84.9 Å². The molecule has 0 aliphatic carbocycles. The van der Waals surface area contributed by atoms with Gasteiger partial charge >= 0.3 is 12.0 Å². The van der Waals surface area contributed by atoms with Gasteiger partial charge < -0.3 is 19.7 Å². The fraction of sp³-hybridized carbons (Fsp3) is 0.333. The highest BCUT2D eigenvalue weighted by Gasteiger charge is 2.21. The van der Waals surface area contributed by atoms with Crippen LogP contribution in [0.5, 0.6) is 0 Å². The molecule has 0 spiro atoms. The van der Waals surface area contributed by atoms with Gasteiger partial charge in [0.1, 0.15) is 0 Å². The molecule has 1 heterocycles. The lowest BCUT2D eigenvalue weighted by atomic mass is 9.88. The van der Waals surface area contributed by atoms with Gasteiger partial charge in [0.2, 0.25) is 0 Å². The van der Waals surface area contributed by atoms with Crippen molar-refractivity contribution in [3.63, 3.8) is 0 Å². The van der Waals surface area contributed by atoms with E-state index in [1.165, 1.54) is 18.2 Å². The number of urea groups is 1. The van der Waals surface area contributed by atoms with Crippen molar-refractivity contribution in [2.45, 2.75) is 12.3 Å². The normalized spacial score (nSPS) is 13.8. The minimum Gasteiger partial charge on any atom is -0.465 e. The molecule has 0 saturated carbocycles. The van der Waals surface area contributed by atoms with Gasteiger partial charge in [0, 0.05) is 44.3 Å². The molecular weight excluding hydrogens is 466 g/mol. The van der Waals surface area contributed by atoms with Crippen molar-refractivity contribution < 1.29 is 19.1 Å². The zero-order valence-corrected chi connectivity index (χ0v) is 21.3. The predicted octanol–water partition coefficient (Wildman–Crippen LogP) is 4.86. The molecule has 0 aromatic heterocycles. The molecule has 194 valence electrons. The molecule has 1 aliphatic rings. The Morgan fingerprint density at radius 1 is 0.919 bits per heavy atom. The molecule has 1 fully saturated rings. The van der Waals surface area contributed by atoms with E-state index in [2.05, 4.69) is 58.7 Å². The van der Waals surface area contributed by atoms with Crippen molar-refractivity contribution in [1.29, 1.82) is 0 Å². The van der Waals surface area contributed by atoms with Gasteiger partial charge in [0.25, 0.3) is 0 Å². The van der Waals surface area contributed by atoms with E-state index in [4.69, 9.17) is 9.47 Å². The van der Waals surface area contributed by atoms with Gasteiger partial charge in [0.05, 0.1) is 25.9 Å². The summed E-state index contributed by atoms with van der Waals surface area (Å²) in [6, 6.07) is 27.5. The number of nitrogens with one attached hydrogen (secondary N) is 1. The summed E-state index contributed by atoms with van der Waals surface area (Å²) in [6.45, 7) is 5.13. The summed E-state index contributed by atoms with van der Waals surface area (Å²) < 4.78 is 10.3. The van der Waals surface area contributed by atoms with Crippen molar-refractivity contribution in [3.8, 4) is 0 Å². The van der Waals surface area contributed by atoms with E-state index in [0.717, 1.165) is 39.3 Å².